The number of unbranched alkanes of at least 4 members (excludes halogenated alkanes) is 8. The zero-order chi connectivity index (χ0) is 14.5. The molecule has 19 heavy (non-hydrogen) atoms. The average Bonchev–Trinajstić information content (AvgIpc) is 2.35. The Morgan fingerprint density at radius 2 is 1.32 bits per heavy atom. The lowest BCUT2D eigenvalue weighted by molar-refractivity contribution is -0.466. The standard InChI is InChI=1S/C16H35N2S/c1-6-7-8-9-10-11-12-13-14-15-19-16(17(2)3)18(4)5/h6-15H2,1-5H3/q+1. The van der Waals surface area contributed by atoms with E-state index in [1.807, 2.05) is 11.8 Å². The van der Waals surface area contributed by atoms with Crippen LogP contribution in [0.3, 0.4) is 0 Å². The lowest BCUT2D eigenvalue weighted by atomic mass is 10.1. The first kappa shape index (κ1) is 18.8. The summed E-state index contributed by atoms with van der Waals surface area (Å²) in [5.41, 5.74) is 0. The van der Waals surface area contributed by atoms with E-state index in [1.54, 1.807) is 0 Å². The van der Waals surface area contributed by atoms with Crippen LogP contribution in [-0.2, 0) is 0 Å². The van der Waals surface area contributed by atoms with E-state index in [2.05, 4.69) is 44.6 Å². The van der Waals surface area contributed by atoms with Crippen LogP contribution in [0.5, 0.6) is 0 Å². The zero-order valence-corrected chi connectivity index (χ0v) is 14.7. The molecule has 0 atom stereocenters. The highest BCUT2D eigenvalue weighted by molar-refractivity contribution is 8.13. The minimum Gasteiger partial charge on any atom is -0.262 e. The van der Waals surface area contributed by atoms with Crippen molar-refractivity contribution in [1.29, 1.82) is 0 Å². The number of nitrogens with zero attached hydrogens (tertiary/aromatic N) is 2. The Hall–Kier alpha value is -0.180. The van der Waals surface area contributed by atoms with E-state index in [0.29, 0.717) is 0 Å². The molecule has 0 aliphatic carbocycles. The maximum absolute atomic E-state index is 2.28. The molecule has 3 heteroatoms. The predicted octanol–water partition coefficient (Wildman–Crippen LogP) is 4.44. The molecule has 0 bridgehead atoms. The highest BCUT2D eigenvalue weighted by Gasteiger charge is 2.11. The summed E-state index contributed by atoms with van der Waals surface area (Å²) >= 11 is 1.98. The lowest BCUT2D eigenvalue weighted by Crippen LogP contribution is -2.26. The van der Waals surface area contributed by atoms with E-state index in [-0.39, 0.29) is 0 Å². The van der Waals surface area contributed by atoms with Crippen molar-refractivity contribution in [2.45, 2.75) is 64.7 Å². The van der Waals surface area contributed by atoms with Crippen molar-refractivity contribution in [3.8, 4) is 0 Å². The molecular formula is C16H35N2S+. The number of rotatable bonds is 10. The summed E-state index contributed by atoms with van der Waals surface area (Å²) < 4.78 is 2.21. The Kier molecular flexibility index (Phi) is 12.7. The van der Waals surface area contributed by atoms with Crippen LogP contribution >= 0.6 is 11.8 Å². The second kappa shape index (κ2) is 12.8. The van der Waals surface area contributed by atoms with Gasteiger partial charge in [-0.3, -0.25) is 9.48 Å². The molecule has 0 rings (SSSR count). The Morgan fingerprint density at radius 3 is 1.74 bits per heavy atom. The molecule has 0 aromatic heterocycles. The third-order valence-corrected chi connectivity index (χ3v) is 4.73. The van der Waals surface area contributed by atoms with Gasteiger partial charge in [0.2, 0.25) is 0 Å². The van der Waals surface area contributed by atoms with Gasteiger partial charge in [-0.05, 0) is 18.2 Å². The van der Waals surface area contributed by atoms with Gasteiger partial charge in [0, 0.05) is 5.75 Å². The van der Waals surface area contributed by atoms with Gasteiger partial charge in [-0.2, -0.15) is 0 Å². The van der Waals surface area contributed by atoms with E-state index in [4.69, 9.17) is 0 Å². The molecule has 0 N–H and O–H groups in total. The molecule has 0 aromatic rings. The molecule has 2 nitrogen and oxygen atoms in total. The van der Waals surface area contributed by atoms with Crippen molar-refractivity contribution in [2.24, 2.45) is 0 Å². The molecule has 0 saturated heterocycles. The predicted molar refractivity (Wildman–Crippen MR) is 90.5 cm³/mol. The smallest absolute Gasteiger partial charge is 0.262 e. The topological polar surface area (TPSA) is 6.25 Å². The molecule has 0 heterocycles. The summed E-state index contributed by atoms with van der Waals surface area (Å²) in [5.74, 6) is 1.25. The fraction of sp³-hybridized carbons (Fsp3) is 0.938. The highest BCUT2D eigenvalue weighted by atomic mass is 32.2. The Bertz CT molecular complexity index is 233. The monoisotopic (exact) mass is 287 g/mol. The van der Waals surface area contributed by atoms with Gasteiger partial charge in [-0.25, -0.2) is 0 Å². The van der Waals surface area contributed by atoms with Crippen LogP contribution in [0.25, 0.3) is 0 Å². The molecule has 0 unspecified atom stereocenters. The van der Waals surface area contributed by atoms with E-state index in [0.717, 1.165) is 0 Å². The van der Waals surface area contributed by atoms with Gasteiger partial charge in [-0.15, -0.1) is 0 Å². The lowest BCUT2D eigenvalue weighted by Gasteiger charge is -2.10. The maximum atomic E-state index is 2.28. The van der Waals surface area contributed by atoms with Gasteiger partial charge in [-0.1, -0.05) is 58.3 Å². The Labute approximate surface area is 125 Å². The Balaban J connectivity index is 3.38. The van der Waals surface area contributed by atoms with Crippen LogP contribution in [0.1, 0.15) is 64.7 Å². The largest absolute Gasteiger partial charge is 0.307 e. The summed E-state index contributed by atoms with van der Waals surface area (Å²) in [6.07, 6.45) is 12.7. The molecule has 0 aliphatic rings. The molecule has 0 radical (unpaired) electrons. The SMILES string of the molecule is CCCCCCCCCCCSC(N(C)C)=[N+](C)C. The maximum Gasteiger partial charge on any atom is 0.307 e. The quantitative estimate of drug-likeness (QED) is 0.254. The van der Waals surface area contributed by atoms with Crippen LogP contribution in [0.15, 0.2) is 0 Å². The molecule has 114 valence electrons. The first-order valence-corrected chi connectivity index (χ1v) is 8.92. The van der Waals surface area contributed by atoms with Crippen LogP contribution in [0.4, 0.5) is 0 Å². The first-order valence-electron chi connectivity index (χ1n) is 7.94. The van der Waals surface area contributed by atoms with Crippen LogP contribution in [0, 0.1) is 0 Å². The molecule has 0 saturated carbocycles. The summed E-state index contributed by atoms with van der Waals surface area (Å²) in [6, 6.07) is 0. The molecule has 0 aliphatic heterocycles. The van der Waals surface area contributed by atoms with E-state index >= 15 is 0 Å². The zero-order valence-electron chi connectivity index (χ0n) is 13.9. The third-order valence-electron chi connectivity index (χ3n) is 3.24. The van der Waals surface area contributed by atoms with Crippen molar-refractivity contribution in [3.05, 3.63) is 0 Å². The normalized spacial score (nSPS) is 10.6. The van der Waals surface area contributed by atoms with Crippen molar-refractivity contribution < 1.29 is 4.58 Å². The molecule has 0 spiro atoms. The minimum absolute atomic E-state index is 1.25. The summed E-state index contributed by atoms with van der Waals surface area (Å²) in [5, 5.41) is 1.36. The molecular weight excluding hydrogens is 252 g/mol. The second-order valence-electron chi connectivity index (χ2n) is 5.75. The van der Waals surface area contributed by atoms with Crippen molar-refractivity contribution in [3.63, 3.8) is 0 Å². The first-order chi connectivity index (χ1) is 9.09. The van der Waals surface area contributed by atoms with Crippen LogP contribution < -0.4 is 0 Å². The fourth-order valence-corrected chi connectivity index (χ4v) is 3.28. The summed E-state index contributed by atoms with van der Waals surface area (Å²) in [7, 11) is 8.49. The van der Waals surface area contributed by atoms with Crippen molar-refractivity contribution >= 4 is 16.9 Å². The number of hydrogen-bond donors (Lipinski definition) is 0. The van der Waals surface area contributed by atoms with Crippen LogP contribution in [-0.4, -0.2) is 48.6 Å². The number of thioether (sulfide) groups is 1. The van der Waals surface area contributed by atoms with Gasteiger partial charge in [0.1, 0.15) is 0 Å². The van der Waals surface area contributed by atoms with Gasteiger partial charge in [0.15, 0.2) is 0 Å². The fourth-order valence-electron chi connectivity index (χ4n) is 2.23. The molecule has 0 amide bonds. The van der Waals surface area contributed by atoms with Gasteiger partial charge >= 0.3 is 5.17 Å². The second-order valence-corrected chi connectivity index (χ2v) is 6.81. The average molecular weight is 288 g/mol. The number of amidine groups is 1. The van der Waals surface area contributed by atoms with E-state index in [9.17, 15) is 0 Å². The van der Waals surface area contributed by atoms with Crippen molar-refractivity contribution in [2.75, 3.05) is 33.9 Å². The number of hydrogen-bond acceptors (Lipinski definition) is 1. The Morgan fingerprint density at radius 1 is 0.842 bits per heavy atom. The molecule has 0 aromatic carbocycles. The van der Waals surface area contributed by atoms with Gasteiger partial charge in [0.05, 0.1) is 28.2 Å². The van der Waals surface area contributed by atoms with Crippen LogP contribution in [0.2, 0.25) is 0 Å². The van der Waals surface area contributed by atoms with E-state index in [1.165, 1.54) is 68.7 Å². The van der Waals surface area contributed by atoms with Crippen molar-refractivity contribution in [1.82, 2.24) is 4.90 Å². The highest BCUT2D eigenvalue weighted by Crippen LogP contribution is 2.13. The van der Waals surface area contributed by atoms with Gasteiger partial charge in [0.25, 0.3) is 0 Å². The third kappa shape index (κ3) is 11.4. The van der Waals surface area contributed by atoms with E-state index < -0.39 is 0 Å². The summed E-state index contributed by atoms with van der Waals surface area (Å²) in [6.45, 7) is 2.28. The van der Waals surface area contributed by atoms with Gasteiger partial charge < -0.3 is 0 Å². The minimum atomic E-state index is 1.25. The molecule has 0 fully saturated rings. The summed E-state index contributed by atoms with van der Waals surface area (Å²) in [4.78, 5) is 2.21.